The molecule has 1 amide bonds. The molecule has 0 spiro atoms. The fourth-order valence-electron chi connectivity index (χ4n) is 4.96. The molecule has 2 aliphatic rings. The Hall–Kier alpha value is -2.98. The van der Waals surface area contributed by atoms with E-state index in [-0.39, 0.29) is 18.6 Å². The maximum atomic E-state index is 11.7. The maximum absolute atomic E-state index is 11.7. The molecule has 1 aromatic carbocycles. The molecule has 3 atom stereocenters. The van der Waals surface area contributed by atoms with E-state index in [1.165, 1.54) is 0 Å². The number of anilines is 1. The maximum Gasteiger partial charge on any atom is 0.263 e. The number of methoxy groups -OCH3 is 1. The molecule has 5 rings (SSSR count). The number of nitrogens with zero attached hydrogens (tertiary/aromatic N) is 2. The van der Waals surface area contributed by atoms with E-state index in [2.05, 4.69) is 25.9 Å². The number of hydrogen-bond donors (Lipinski definition) is 4. The summed E-state index contributed by atoms with van der Waals surface area (Å²) in [7, 11) is 1.57. The molecule has 4 N–H and O–H groups in total. The first-order valence-electron chi connectivity index (χ1n) is 12.2. The Bertz CT molecular complexity index is 1250. The van der Waals surface area contributed by atoms with Crippen molar-refractivity contribution in [1.82, 2.24) is 20.6 Å². The molecule has 3 unspecified atom stereocenters. The number of benzene rings is 1. The van der Waals surface area contributed by atoms with Crippen LogP contribution >= 0.6 is 11.6 Å². The van der Waals surface area contributed by atoms with Crippen LogP contribution in [0.5, 0.6) is 11.6 Å². The zero-order chi connectivity index (χ0) is 25.1. The second kappa shape index (κ2) is 11.0. The number of aliphatic hydroxyl groups excluding tert-OH is 1. The van der Waals surface area contributed by atoms with Crippen LogP contribution in [0, 0.1) is 5.92 Å². The fourth-order valence-corrected chi connectivity index (χ4v) is 5.24. The molecule has 0 bridgehead atoms. The third-order valence-corrected chi connectivity index (χ3v) is 7.15. The molecule has 1 saturated heterocycles. The minimum atomic E-state index is -0.829. The van der Waals surface area contributed by atoms with Crippen LogP contribution in [-0.2, 0) is 11.3 Å². The highest BCUT2D eigenvalue weighted by Crippen LogP contribution is 2.35. The van der Waals surface area contributed by atoms with Crippen molar-refractivity contribution in [2.24, 2.45) is 5.92 Å². The number of aromatic nitrogens is 2. The Morgan fingerprint density at radius 1 is 1.25 bits per heavy atom. The number of carbonyl (C=O) groups excluding carboxylic acids is 1. The minimum Gasteiger partial charge on any atom is -0.481 e. The zero-order valence-electron chi connectivity index (χ0n) is 20.1. The standard InChI is InChI=1S/C26H30ClN5O4/c1-35-23-9-5-15-4-7-18(27)24(25(15)32-23)20(33)11-19(16-3-2-10-28-12-16)29-13-17-6-8-21-26(30-17)31-22(34)14-36-21/h4-9,16,19-20,28-29,33H,2-3,10-14H2,1H3,(H,30,31,34). The van der Waals surface area contributed by atoms with Gasteiger partial charge in [0.05, 0.1) is 24.4 Å². The SMILES string of the molecule is COc1ccc2ccc(Cl)c(C(O)CC(NCc3ccc4c(n3)NC(=O)CO4)C3CCCNC3)c2n1. The number of piperidine rings is 1. The number of carbonyl (C=O) groups is 1. The van der Waals surface area contributed by atoms with Crippen molar-refractivity contribution in [2.75, 3.05) is 32.1 Å². The van der Waals surface area contributed by atoms with Crippen molar-refractivity contribution in [3.63, 3.8) is 0 Å². The van der Waals surface area contributed by atoms with E-state index < -0.39 is 6.10 Å². The summed E-state index contributed by atoms with van der Waals surface area (Å²) >= 11 is 6.59. The second-order valence-electron chi connectivity index (χ2n) is 9.22. The first-order valence-corrected chi connectivity index (χ1v) is 12.6. The van der Waals surface area contributed by atoms with Crippen LogP contribution in [0.1, 0.15) is 36.6 Å². The number of amides is 1. The molecule has 2 aliphatic heterocycles. The number of aliphatic hydroxyl groups is 1. The highest BCUT2D eigenvalue weighted by Gasteiger charge is 2.28. The second-order valence-corrected chi connectivity index (χ2v) is 9.63. The molecule has 0 saturated carbocycles. The summed E-state index contributed by atoms with van der Waals surface area (Å²) in [5, 5.41) is 22.6. The van der Waals surface area contributed by atoms with Crippen molar-refractivity contribution in [1.29, 1.82) is 0 Å². The number of halogens is 1. The van der Waals surface area contributed by atoms with Gasteiger partial charge in [-0.1, -0.05) is 17.7 Å². The topological polar surface area (TPSA) is 118 Å². The van der Waals surface area contributed by atoms with Gasteiger partial charge >= 0.3 is 0 Å². The summed E-state index contributed by atoms with van der Waals surface area (Å²) < 4.78 is 10.7. The number of rotatable bonds is 8. The molecule has 3 aromatic rings. The molecule has 4 heterocycles. The summed E-state index contributed by atoms with van der Waals surface area (Å²) in [5.74, 6) is 1.58. The van der Waals surface area contributed by atoms with Crippen molar-refractivity contribution >= 4 is 34.2 Å². The first-order chi connectivity index (χ1) is 17.5. The first kappa shape index (κ1) is 24.7. The van der Waals surface area contributed by atoms with Gasteiger partial charge in [-0.3, -0.25) is 4.79 Å². The summed E-state index contributed by atoms with van der Waals surface area (Å²) in [6.07, 6.45) is 1.75. The van der Waals surface area contributed by atoms with Crippen LogP contribution in [-0.4, -0.2) is 53.8 Å². The lowest BCUT2D eigenvalue weighted by molar-refractivity contribution is -0.118. The van der Waals surface area contributed by atoms with E-state index in [0.29, 0.717) is 52.4 Å². The summed E-state index contributed by atoms with van der Waals surface area (Å²) in [6.45, 7) is 2.34. The van der Waals surface area contributed by atoms with Crippen LogP contribution in [0.2, 0.25) is 5.02 Å². The van der Waals surface area contributed by atoms with Gasteiger partial charge in [0, 0.05) is 34.6 Å². The third kappa shape index (κ3) is 5.39. The number of ether oxygens (including phenoxy) is 2. The van der Waals surface area contributed by atoms with Gasteiger partial charge in [-0.05, 0) is 62.5 Å². The molecule has 0 radical (unpaired) electrons. The Kier molecular flexibility index (Phi) is 7.52. The highest BCUT2D eigenvalue weighted by atomic mass is 35.5. The van der Waals surface area contributed by atoms with Crippen LogP contribution in [0.4, 0.5) is 5.82 Å². The zero-order valence-corrected chi connectivity index (χ0v) is 20.8. The lowest BCUT2D eigenvalue weighted by Crippen LogP contribution is -2.44. The monoisotopic (exact) mass is 511 g/mol. The lowest BCUT2D eigenvalue weighted by Gasteiger charge is -2.33. The molecular weight excluding hydrogens is 482 g/mol. The van der Waals surface area contributed by atoms with Crippen LogP contribution in [0.15, 0.2) is 36.4 Å². The molecule has 36 heavy (non-hydrogen) atoms. The Morgan fingerprint density at radius 3 is 2.92 bits per heavy atom. The molecule has 2 aromatic heterocycles. The molecule has 190 valence electrons. The quantitative estimate of drug-likeness (QED) is 0.364. The highest BCUT2D eigenvalue weighted by molar-refractivity contribution is 6.32. The van der Waals surface area contributed by atoms with Gasteiger partial charge in [-0.15, -0.1) is 0 Å². The summed E-state index contributed by atoms with van der Waals surface area (Å²) in [6, 6.07) is 11.1. The minimum absolute atomic E-state index is 0.00161. The number of hydrogen-bond acceptors (Lipinski definition) is 8. The van der Waals surface area contributed by atoms with Gasteiger partial charge < -0.3 is 30.5 Å². The smallest absolute Gasteiger partial charge is 0.263 e. The van der Waals surface area contributed by atoms with Crippen LogP contribution < -0.4 is 25.4 Å². The summed E-state index contributed by atoms with van der Waals surface area (Å²) in [5.41, 5.74) is 2.02. The molecule has 9 nitrogen and oxygen atoms in total. The van der Waals surface area contributed by atoms with Crippen molar-refractivity contribution in [3.05, 3.63) is 52.7 Å². The Balaban J connectivity index is 1.37. The molecule has 1 fully saturated rings. The summed E-state index contributed by atoms with van der Waals surface area (Å²) in [4.78, 5) is 20.8. The van der Waals surface area contributed by atoms with Crippen LogP contribution in [0.3, 0.4) is 0 Å². The van der Waals surface area contributed by atoms with E-state index in [0.717, 1.165) is 37.0 Å². The molecule has 0 aliphatic carbocycles. The van der Waals surface area contributed by atoms with E-state index in [9.17, 15) is 9.90 Å². The van der Waals surface area contributed by atoms with Gasteiger partial charge in [-0.2, -0.15) is 0 Å². The van der Waals surface area contributed by atoms with Gasteiger partial charge in [0.1, 0.15) is 0 Å². The van der Waals surface area contributed by atoms with Crippen molar-refractivity contribution in [2.45, 2.75) is 38.0 Å². The average Bonchev–Trinajstić information content (AvgIpc) is 2.90. The lowest BCUT2D eigenvalue weighted by atomic mass is 9.86. The van der Waals surface area contributed by atoms with E-state index in [1.54, 1.807) is 19.2 Å². The van der Waals surface area contributed by atoms with Gasteiger partial charge in [0.25, 0.3) is 5.91 Å². The Morgan fingerprint density at radius 2 is 2.11 bits per heavy atom. The predicted molar refractivity (Wildman–Crippen MR) is 137 cm³/mol. The van der Waals surface area contributed by atoms with E-state index in [4.69, 9.17) is 21.1 Å². The number of fused-ring (bicyclic) bond motifs is 2. The largest absolute Gasteiger partial charge is 0.481 e. The van der Waals surface area contributed by atoms with E-state index >= 15 is 0 Å². The molecular formula is C26H30ClN5O4. The number of nitrogens with one attached hydrogen (secondary N) is 3. The van der Waals surface area contributed by atoms with Gasteiger partial charge in [0.15, 0.2) is 18.2 Å². The average molecular weight is 512 g/mol. The molecule has 10 heteroatoms. The van der Waals surface area contributed by atoms with Gasteiger partial charge in [0.2, 0.25) is 5.88 Å². The third-order valence-electron chi connectivity index (χ3n) is 6.82. The fraction of sp³-hybridized carbons (Fsp3) is 0.423. The Labute approximate surface area is 214 Å². The van der Waals surface area contributed by atoms with Crippen LogP contribution in [0.25, 0.3) is 10.9 Å². The number of pyridine rings is 2. The normalized spacial score (nSPS) is 19.2. The van der Waals surface area contributed by atoms with Crippen molar-refractivity contribution < 1.29 is 19.4 Å². The van der Waals surface area contributed by atoms with Gasteiger partial charge in [-0.25, -0.2) is 9.97 Å². The van der Waals surface area contributed by atoms with E-state index in [1.807, 2.05) is 24.3 Å². The predicted octanol–water partition coefficient (Wildman–Crippen LogP) is 3.20. The van der Waals surface area contributed by atoms with Crippen molar-refractivity contribution in [3.8, 4) is 11.6 Å².